The third kappa shape index (κ3) is 50.2. The maximum atomic E-state index is 11.8. The minimum atomic E-state index is -0.341. The number of hydrogen-bond acceptors (Lipinski definition) is 10. The minimum Gasteiger partial charge on any atom is -0.392 e. The van der Waals surface area contributed by atoms with Crippen LogP contribution < -0.4 is 0 Å². The molecule has 2 saturated carbocycles. The number of aliphatic hydroxyl groups excluding tert-OH is 5. The van der Waals surface area contributed by atoms with E-state index in [1.54, 1.807) is 0 Å². The number of rotatable bonds is 72. The fourth-order valence-electron chi connectivity index (χ4n) is 17.5. The van der Waals surface area contributed by atoms with Gasteiger partial charge in [0.05, 0.1) is 30.5 Å². The van der Waals surface area contributed by atoms with Crippen molar-refractivity contribution < 1.29 is 25.5 Å². The number of nitrogens with zero attached hydrogens (tertiary/aromatic N) is 5. The summed E-state index contributed by atoms with van der Waals surface area (Å²) in [6.45, 7) is 21.6. The summed E-state index contributed by atoms with van der Waals surface area (Å²) in [5.41, 5.74) is 0. The van der Waals surface area contributed by atoms with Gasteiger partial charge in [-0.1, -0.05) is 356 Å². The van der Waals surface area contributed by atoms with Gasteiger partial charge in [0.25, 0.3) is 0 Å². The largest absolute Gasteiger partial charge is 0.392 e. The summed E-state index contributed by atoms with van der Waals surface area (Å²) in [5, 5.41) is 58.3. The van der Waals surface area contributed by atoms with Gasteiger partial charge in [-0.25, -0.2) is 0 Å². The van der Waals surface area contributed by atoms with Gasteiger partial charge < -0.3 is 25.5 Å². The Morgan fingerprint density at radius 1 is 0.245 bits per heavy atom. The average molecular weight is 1390 g/mol. The van der Waals surface area contributed by atoms with E-state index in [-0.39, 0.29) is 30.5 Å². The first-order chi connectivity index (χ1) is 48.1. The van der Waals surface area contributed by atoms with Crippen LogP contribution in [-0.4, -0.2) is 177 Å². The van der Waals surface area contributed by atoms with E-state index in [0.29, 0.717) is 50.3 Å². The summed E-state index contributed by atoms with van der Waals surface area (Å²) in [6, 6.07) is 1.91. The van der Waals surface area contributed by atoms with Crippen molar-refractivity contribution in [2.75, 3.05) is 72.0 Å². The van der Waals surface area contributed by atoms with E-state index in [0.717, 1.165) is 149 Å². The molecule has 1 heterocycles. The first-order valence-electron chi connectivity index (χ1n) is 45.2. The van der Waals surface area contributed by atoms with E-state index in [9.17, 15) is 25.5 Å². The number of aliphatic hydroxyl groups is 5. The van der Waals surface area contributed by atoms with Crippen LogP contribution in [-0.2, 0) is 0 Å². The molecule has 3 aliphatic rings. The van der Waals surface area contributed by atoms with Crippen molar-refractivity contribution in [2.45, 2.75) is 494 Å². The van der Waals surface area contributed by atoms with E-state index < -0.39 is 0 Å². The Hall–Kier alpha value is -0.400. The molecule has 5 atom stereocenters. The molecule has 0 aromatic rings. The third-order valence-corrected chi connectivity index (χ3v) is 24.2. The molecule has 2 aliphatic carbocycles. The zero-order valence-corrected chi connectivity index (χ0v) is 67.0. The monoisotopic (exact) mass is 1380 g/mol. The Bertz CT molecular complexity index is 1560. The van der Waals surface area contributed by atoms with Crippen molar-refractivity contribution in [2.24, 2.45) is 0 Å². The molecule has 1 aliphatic heterocycles. The quantitative estimate of drug-likeness (QED) is 0.0377. The molecule has 0 amide bonds. The second kappa shape index (κ2) is 66.1. The highest BCUT2D eigenvalue weighted by molar-refractivity contribution is 4.91. The Labute approximate surface area is 612 Å². The lowest BCUT2D eigenvalue weighted by molar-refractivity contribution is 0.00474. The lowest BCUT2D eigenvalue weighted by Crippen LogP contribution is -2.54. The smallest absolute Gasteiger partial charge is 0.0667 e. The zero-order chi connectivity index (χ0) is 70.4. The molecular weight excluding hydrogens is 1210 g/mol. The molecule has 98 heavy (non-hydrogen) atoms. The molecular formula is C88H177N5O5. The van der Waals surface area contributed by atoms with Crippen molar-refractivity contribution >= 4 is 0 Å². The van der Waals surface area contributed by atoms with Gasteiger partial charge in [0.15, 0.2) is 0 Å². The maximum absolute atomic E-state index is 11.8. The summed E-state index contributed by atoms with van der Waals surface area (Å²) < 4.78 is 0. The van der Waals surface area contributed by atoms with Crippen LogP contribution in [0.1, 0.15) is 439 Å². The molecule has 0 spiro atoms. The normalized spacial score (nSPS) is 19.9. The molecule has 3 rings (SSSR count). The topological polar surface area (TPSA) is 117 Å². The summed E-state index contributed by atoms with van der Waals surface area (Å²) in [5.74, 6) is 0. The number of piperazine rings is 1. The molecule has 10 nitrogen and oxygen atoms in total. The summed E-state index contributed by atoms with van der Waals surface area (Å²) >= 11 is 0. The molecule has 0 radical (unpaired) electrons. The van der Waals surface area contributed by atoms with Crippen LogP contribution in [0.4, 0.5) is 0 Å². The third-order valence-electron chi connectivity index (χ3n) is 24.2. The molecule has 0 aromatic heterocycles. The van der Waals surface area contributed by atoms with Crippen LogP contribution >= 0.6 is 0 Å². The Morgan fingerprint density at radius 3 is 0.673 bits per heavy atom. The number of hydrogen-bond donors (Lipinski definition) is 5. The molecule has 584 valence electrons. The van der Waals surface area contributed by atoms with Gasteiger partial charge in [0.2, 0.25) is 0 Å². The van der Waals surface area contributed by atoms with Gasteiger partial charge in [-0.05, 0) is 83.5 Å². The summed E-state index contributed by atoms with van der Waals surface area (Å²) in [7, 11) is 0. The van der Waals surface area contributed by atoms with Gasteiger partial charge in [0, 0.05) is 96.2 Å². The summed E-state index contributed by atoms with van der Waals surface area (Å²) in [4.78, 5) is 13.4. The van der Waals surface area contributed by atoms with E-state index in [4.69, 9.17) is 0 Å². The van der Waals surface area contributed by atoms with Gasteiger partial charge in [0.1, 0.15) is 0 Å². The molecule has 0 bridgehead atoms. The van der Waals surface area contributed by atoms with Crippen LogP contribution in [0.15, 0.2) is 0 Å². The molecule has 5 N–H and O–H groups in total. The molecule has 0 aromatic carbocycles. The SMILES string of the molecule is CCCCCCCCCCCCC(O)CN(CCN1CCN(C2CCC(N(CC(O)CCCCCCCCCCCC)CC(O)CCCCCCCCCCCC)CC2)CC1)C1CCC(N(CC(O)CCCCCCCCCCCC)CC(O)CCCCCCCCCCCC)CC1. The van der Waals surface area contributed by atoms with E-state index in [1.165, 1.54) is 302 Å². The van der Waals surface area contributed by atoms with Crippen LogP contribution in [0.5, 0.6) is 0 Å². The van der Waals surface area contributed by atoms with Gasteiger partial charge in [-0.2, -0.15) is 0 Å². The van der Waals surface area contributed by atoms with Crippen LogP contribution in [0.25, 0.3) is 0 Å². The Kier molecular flexibility index (Phi) is 61.9. The zero-order valence-electron chi connectivity index (χ0n) is 67.0. The standard InChI is InChI=1S/C88H177N5O5/c1-6-11-16-21-26-31-36-41-46-51-56-84(94)75-91(81-63-67-83(68-64-81)93(78-87(97)59-54-49-44-39-34-29-24-19-14-9-4)79-88(98)60-55-50-45-40-35-30-25-20-15-10-5)74-71-89-69-72-90(73-70-89)80-61-65-82(66-62-80)92(76-85(95)57-52-47-42-37-32-27-22-17-12-7-2)77-86(96)58-53-48-43-38-33-28-23-18-13-8-3/h80-88,94-98H,6-79H2,1-5H3. The van der Waals surface area contributed by atoms with Crippen LogP contribution in [0, 0.1) is 0 Å². The fraction of sp³-hybridized carbons (Fsp3) is 1.00. The number of unbranched alkanes of at least 4 members (excludes halogenated alkanes) is 45. The highest BCUT2D eigenvalue weighted by atomic mass is 16.3. The van der Waals surface area contributed by atoms with Crippen molar-refractivity contribution in [3.63, 3.8) is 0 Å². The second-order valence-corrected chi connectivity index (χ2v) is 33.3. The molecule has 10 heteroatoms. The maximum Gasteiger partial charge on any atom is 0.0667 e. The molecule has 5 unspecified atom stereocenters. The Morgan fingerprint density at radius 2 is 0.439 bits per heavy atom. The fourth-order valence-corrected chi connectivity index (χ4v) is 17.5. The van der Waals surface area contributed by atoms with E-state index in [2.05, 4.69) is 59.1 Å². The van der Waals surface area contributed by atoms with Crippen molar-refractivity contribution in [1.29, 1.82) is 0 Å². The minimum absolute atomic E-state index is 0.288. The lowest BCUT2D eigenvalue weighted by atomic mass is 9.88. The Balaban J connectivity index is 1.59. The first-order valence-corrected chi connectivity index (χ1v) is 45.2. The lowest BCUT2D eigenvalue weighted by Gasteiger charge is -2.45. The highest BCUT2D eigenvalue weighted by Gasteiger charge is 2.35. The van der Waals surface area contributed by atoms with Crippen molar-refractivity contribution in [1.82, 2.24) is 24.5 Å². The average Bonchev–Trinajstić information content (AvgIpc) is 0.886. The van der Waals surface area contributed by atoms with E-state index in [1.807, 2.05) is 0 Å². The van der Waals surface area contributed by atoms with Crippen molar-refractivity contribution in [3.05, 3.63) is 0 Å². The van der Waals surface area contributed by atoms with E-state index >= 15 is 0 Å². The highest BCUT2D eigenvalue weighted by Crippen LogP contribution is 2.32. The predicted octanol–water partition coefficient (Wildman–Crippen LogP) is 22.5. The van der Waals surface area contributed by atoms with Gasteiger partial charge in [-0.3, -0.25) is 24.5 Å². The molecule has 1 saturated heterocycles. The van der Waals surface area contributed by atoms with Gasteiger partial charge in [-0.15, -0.1) is 0 Å². The van der Waals surface area contributed by atoms with Crippen LogP contribution in [0.3, 0.4) is 0 Å². The van der Waals surface area contributed by atoms with Gasteiger partial charge >= 0.3 is 0 Å². The summed E-state index contributed by atoms with van der Waals surface area (Å²) in [6.07, 6.45) is 77.8. The van der Waals surface area contributed by atoms with Crippen molar-refractivity contribution in [3.8, 4) is 0 Å². The first kappa shape index (κ1) is 91.8. The second-order valence-electron chi connectivity index (χ2n) is 33.3. The molecule has 3 fully saturated rings. The van der Waals surface area contributed by atoms with Crippen LogP contribution in [0.2, 0.25) is 0 Å². The predicted molar refractivity (Wildman–Crippen MR) is 427 cm³/mol.